The number of hydrogen-bond donors (Lipinski definition) is 1. The average Bonchev–Trinajstić information content (AvgIpc) is 3.23. The molecule has 1 atom stereocenters. The second-order valence-electron chi connectivity index (χ2n) is 8.96. The van der Waals surface area contributed by atoms with Gasteiger partial charge in [-0.3, -0.25) is 9.89 Å². The number of guanidine groups is 1. The van der Waals surface area contributed by atoms with E-state index in [1.807, 2.05) is 7.05 Å². The van der Waals surface area contributed by atoms with E-state index in [0.717, 1.165) is 12.5 Å². The van der Waals surface area contributed by atoms with Crippen LogP contribution in [0.4, 0.5) is 0 Å². The first-order valence-corrected chi connectivity index (χ1v) is 10.4. The van der Waals surface area contributed by atoms with Crippen LogP contribution in [0.2, 0.25) is 0 Å². The van der Waals surface area contributed by atoms with Crippen LogP contribution in [-0.4, -0.2) is 86.6 Å². The number of hydrogen-bond acceptors (Lipinski definition) is 3. The molecule has 2 aliphatic heterocycles. The third-order valence-corrected chi connectivity index (χ3v) is 6.86. The SMILES string of the molecule is CN=C(NCC(C(C)C)N1CCN(C)CC1)N1CCC2(CCCC2)C1. The first-order chi connectivity index (χ1) is 12.0. The number of likely N-dealkylation sites (tertiary alicyclic amines) is 1. The monoisotopic (exact) mass is 349 g/mol. The molecule has 0 aromatic heterocycles. The molecular formula is C20H39N5. The van der Waals surface area contributed by atoms with Gasteiger partial charge in [0, 0.05) is 58.9 Å². The smallest absolute Gasteiger partial charge is 0.193 e. The number of piperazine rings is 1. The van der Waals surface area contributed by atoms with E-state index in [1.54, 1.807) is 0 Å². The fourth-order valence-corrected chi connectivity index (χ4v) is 5.12. The van der Waals surface area contributed by atoms with Crippen LogP contribution in [0.25, 0.3) is 0 Å². The molecule has 0 bridgehead atoms. The minimum Gasteiger partial charge on any atom is -0.355 e. The van der Waals surface area contributed by atoms with Gasteiger partial charge < -0.3 is 15.1 Å². The Balaban J connectivity index is 1.54. The zero-order valence-electron chi connectivity index (χ0n) is 16.9. The number of nitrogens with zero attached hydrogens (tertiary/aromatic N) is 4. The van der Waals surface area contributed by atoms with Crippen molar-refractivity contribution in [3.05, 3.63) is 0 Å². The summed E-state index contributed by atoms with van der Waals surface area (Å²) in [6.45, 7) is 12.9. The minimum atomic E-state index is 0.591. The Morgan fingerprint density at radius 1 is 1.04 bits per heavy atom. The molecule has 2 saturated heterocycles. The van der Waals surface area contributed by atoms with E-state index < -0.39 is 0 Å². The quantitative estimate of drug-likeness (QED) is 0.623. The summed E-state index contributed by atoms with van der Waals surface area (Å²) in [4.78, 5) is 12.2. The van der Waals surface area contributed by atoms with Crippen molar-refractivity contribution in [3.8, 4) is 0 Å². The molecule has 25 heavy (non-hydrogen) atoms. The Labute approximate surface area is 154 Å². The molecule has 144 valence electrons. The van der Waals surface area contributed by atoms with E-state index >= 15 is 0 Å². The zero-order valence-corrected chi connectivity index (χ0v) is 16.9. The molecule has 1 unspecified atom stereocenters. The third-order valence-electron chi connectivity index (χ3n) is 6.86. The van der Waals surface area contributed by atoms with E-state index in [0.29, 0.717) is 17.4 Å². The Morgan fingerprint density at radius 2 is 1.72 bits per heavy atom. The van der Waals surface area contributed by atoms with E-state index in [2.05, 4.69) is 45.9 Å². The second kappa shape index (κ2) is 8.26. The summed E-state index contributed by atoms with van der Waals surface area (Å²) >= 11 is 0. The highest BCUT2D eigenvalue weighted by atomic mass is 15.3. The largest absolute Gasteiger partial charge is 0.355 e. The molecule has 2 heterocycles. The maximum atomic E-state index is 4.62. The highest BCUT2D eigenvalue weighted by molar-refractivity contribution is 5.80. The Morgan fingerprint density at radius 3 is 2.32 bits per heavy atom. The van der Waals surface area contributed by atoms with Crippen LogP contribution >= 0.6 is 0 Å². The Hall–Kier alpha value is -0.810. The van der Waals surface area contributed by atoms with Crippen molar-refractivity contribution in [2.24, 2.45) is 16.3 Å². The van der Waals surface area contributed by atoms with Crippen LogP contribution in [0.1, 0.15) is 46.0 Å². The highest BCUT2D eigenvalue weighted by Gasteiger charge is 2.41. The highest BCUT2D eigenvalue weighted by Crippen LogP contribution is 2.45. The van der Waals surface area contributed by atoms with Crippen LogP contribution in [-0.2, 0) is 0 Å². The fraction of sp³-hybridized carbons (Fsp3) is 0.950. The van der Waals surface area contributed by atoms with Gasteiger partial charge in [-0.2, -0.15) is 0 Å². The number of nitrogens with one attached hydrogen (secondary N) is 1. The lowest BCUT2D eigenvalue weighted by Crippen LogP contribution is -2.55. The summed E-state index contributed by atoms with van der Waals surface area (Å²) in [7, 11) is 4.18. The first kappa shape index (κ1) is 19.0. The number of aliphatic imine (C=N–C) groups is 1. The van der Waals surface area contributed by atoms with Crippen molar-refractivity contribution in [1.82, 2.24) is 20.0 Å². The molecule has 1 aliphatic carbocycles. The second-order valence-corrected chi connectivity index (χ2v) is 8.96. The maximum absolute atomic E-state index is 4.62. The first-order valence-electron chi connectivity index (χ1n) is 10.4. The van der Waals surface area contributed by atoms with Gasteiger partial charge in [-0.05, 0) is 37.6 Å². The molecule has 3 rings (SSSR count). The van der Waals surface area contributed by atoms with Crippen molar-refractivity contribution in [2.45, 2.75) is 52.0 Å². The van der Waals surface area contributed by atoms with Gasteiger partial charge in [-0.1, -0.05) is 26.7 Å². The van der Waals surface area contributed by atoms with Gasteiger partial charge in [0.2, 0.25) is 0 Å². The zero-order chi connectivity index (χ0) is 17.9. The number of rotatable bonds is 4. The fourth-order valence-electron chi connectivity index (χ4n) is 5.12. The summed E-state index contributed by atoms with van der Waals surface area (Å²) in [5.74, 6) is 1.79. The van der Waals surface area contributed by atoms with E-state index in [1.165, 1.54) is 71.4 Å². The number of likely N-dealkylation sites (N-methyl/N-ethyl adjacent to an activating group) is 1. The molecule has 0 aromatic rings. The molecule has 5 nitrogen and oxygen atoms in total. The van der Waals surface area contributed by atoms with Crippen molar-refractivity contribution >= 4 is 5.96 Å². The summed E-state index contributed by atoms with van der Waals surface area (Å²) in [6.07, 6.45) is 7.07. The summed E-state index contributed by atoms with van der Waals surface area (Å²) in [5.41, 5.74) is 0.604. The van der Waals surface area contributed by atoms with Crippen molar-refractivity contribution in [1.29, 1.82) is 0 Å². The van der Waals surface area contributed by atoms with E-state index in [4.69, 9.17) is 0 Å². The molecule has 1 N–H and O–H groups in total. The van der Waals surface area contributed by atoms with E-state index in [9.17, 15) is 0 Å². The Kier molecular flexibility index (Phi) is 6.26. The molecule has 3 fully saturated rings. The van der Waals surface area contributed by atoms with Gasteiger partial charge in [-0.15, -0.1) is 0 Å². The topological polar surface area (TPSA) is 34.1 Å². The molecule has 1 spiro atoms. The predicted octanol–water partition coefficient (Wildman–Crippen LogP) is 2.10. The summed E-state index contributed by atoms with van der Waals surface area (Å²) < 4.78 is 0. The van der Waals surface area contributed by atoms with Crippen molar-refractivity contribution in [2.75, 3.05) is 59.9 Å². The van der Waals surface area contributed by atoms with Crippen LogP contribution < -0.4 is 5.32 Å². The van der Waals surface area contributed by atoms with Crippen LogP contribution in [0.5, 0.6) is 0 Å². The van der Waals surface area contributed by atoms with Gasteiger partial charge in [0.05, 0.1) is 0 Å². The van der Waals surface area contributed by atoms with Gasteiger partial charge in [0.25, 0.3) is 0 Å². The van der Waals surface area contributed by atoms with Crippen LogP contribution in [0, 0.1) is 11.3 Å². The van der Waals surface area contributed by atoms with Gasteiger partial charge in [0.15, 0.2) is 5.96 Å². The van der Waals surface area contributed by atoms with Crippen LogP contribution in [0.15, 0.2) is 4.99 Å². The summed E-state index contributed by atoms with van der Waals surface area (Å²) in [5, 5.41) is 3.73. The van der Waals surface area contributed by atoms with Crippen molar-refractivity contribution in [3.63, 3.8) is 0 Å². The maximum Gasteiger partial charge on any atom is 0.193 e. The standard InChI is InChI=1S/C20H39N5/c1-17(2)18(24-13-11-23(4)12-14-24)15-22-19(21-3)25-10-9-20(16-25)7-5-6-8-20/h17-18H,5-16H2,1-4H3,(H,21,22). The normalized spacial score (nSPS) is 26.8. The lowest BCUT2D eigenvalue weighted by Gasteiger charge is -2.40. The van der Waals surface area contributed by atoms with Crippen LogP contribution in [0.3, 0.4) is 0 Å². The average molecular weight is 350 g/mol. The molecule has 3 aliphatic rings. The Bertz CT molecular complexity index is 447. The molecule has 1 saturated carbocycles. The molecular weight excluding hydrogens is 310 g/mol. The molecule has 5 heteroatoms. The third kappa shape index (κ3) is 4.48. The van der Waals surface area contributed by atoms with E-state index in [-0.39, 0.29) is 0 Å². The molecule has 0 amide bonds. The van der Waals surface area contributed by atoms with Gasteiger partial charge >= 0.3 is 0 Å². The van der Waals surface area contributed by atoms with Gasteiger partial charge in [0.1, 0.15) is 0 Å². The molecule has 0 aromatic carbocycles. The van der Waals surface area contributed by atoms with Crippen molar-refractivity contribution < 1.29 is 0 Å². The lowest BCUT2D eigenvalue weighted by molar-refractivity contribution is 0.0896. The van der Waals surface area contributed by atoms with Gasteiger partial charge in [-0.25, -0.2) is 0 Å². The predicted molar refractivity (Wildman–Crippen MR) is 106 cm³/mol. The molecule has 0 radical (unpaired) electrons. The summed E-state index contributed by atoms with van der Waals surface area (Å²) in [6, 6.07) is 0.591. The lowest BCUT2D eigenvalue weighted by atomic mass is 9.86. The minimum absolute atomic E-state index is 0.591.